The zero-order valence-corrected chi connectivity index (χ0v) is 11.6. The van der Waals surface area contributed by atoms with Crippen LogP contribution in [-0.2, 0) is 20.0 Å². The van der Waals surface area contributed by atoms with Gasteiger partial charge in [-0.3, -0.25) is 10.1 Å². The average molecular weight is 331 g/mol. The third-order valence-electron chi connectivity index (χ3n) is 3.29. The normalized spacial score (nSPS) is 21.3. The van der Waals surface area contributed by atoms with Gasteiger partial charge in [0.25, 0.3) is 5.91 Å². The molecule has 1 aliphatic rings. The number of nitrogens with zero attached hydrogens (tertiary/aromatic N) is 1. The zero-order valence-electron chi connectivity index (χ0n) is 11.6. The Hall–Kier alpha value is -2.62. The van der Waals surface area contributed by atoms with E-state index in [1.807, 2.05) is 5.32 Å². The third-order valence-corrected chi connectivity index (χ3v) is 3.29. The van der Waals surface area contributed by atoms with Crippen molar-refractivity contribution in [1.29, 1.82) is 0 Å². The number of hydrogen-bond acceptors (Lipinski definition) is 5. The maximum absolute atomic E-state index is 12.4. The van der Waals surface area contributed by atoms with Gasteiger partial charge in [-0.2, -0.15) is 13.2 Å². The molecule has 1 fully saturated rings. The number of urea groups is 1. The molecule has 0 aliphatic carbocycles. The SMILES string of the molecule is NCC[C@@]1(c2ccccc2)C(=O)NC(=O)N1OC(=O)C(F)(F)F. The fourth-order valence-corrected chi connectivity index (χ4v) is 2.30. The summed E-state index contributed by atoms with van der Waals surface area (Å²) in [6, 6.07) is 6.22. The molecule has 1 aromatic rings. The maximum Gasteiger partial charge on any atom is 0.493 e. The first kappa shape index (κ1) is 16.7. The van der Waals surface area contributed by atoms with Gasteiger partial charge in [0.1, 0.15) is 0 Å². The topological polar surface area (TPSA) is 102 Å². The van der Waals surface area contributed by atoms with Gasteiger partial charge in [0.2, 0.25) is 0 Å². The zero-order chi connectivity index (χ0) is 17.3. The average Bonchev–Trinajstić information content (AvgIpc) is 2.72. The van der Waals surface area contributed by atoms with Crippen molar-refractivity contribution in [2.75, 3.05) is 6.54 Å². The lowest BCUT2D eigenvalue weighted by molar-refractivity contribution is -0.239. The van der Waals surface area contributed by atoms with Gasteiger partial charge in [-0.15, -0.1) is 5.06 Å². The first-order valence-corrected chi connectivity index (χ1v) is 6.44. The maximum atomic E-state index is 12.4. The van der Waals surface area contributed by atoms with Crippen molar-refractivity contribution in [2.45, 2.75) is 18.1 Å². The van der Waals surface area contributed by atoms with Crippen LogP contribution in [0.5, 0.6) is 0 Å². The van der Waals surface area contributed by atoms with Crippen LogP contribution in [-0.4, -0.2) is 35.7 Å². The van der Waals surface area contributed by atoms with Gasteiger partial charge in [0.15, 0.2) is 5.54 Å². The van der Waals surface area contributed by atoms with Crippen LogP contribution in [0, 0.1) is 0 Å². The van der Waals surface area contributed by atoms with Gasteiger partial charge in [-0.05, 0) is 18.5 Å². The van der Waals surface area contributed by atoms with E-state index in [4.69, 9.17) is 5.73 Å². The second-order valence-corrected chi connectivity index (χ2v) is 4.70. The Morgan fingerprint density at radius 2 is 1.87 bits per heavy atom. The number of nitrogens with one attached hydrogen (secondary N) is 1. The first-order chi connectivity index (χ1) is 10.7. The van der Waals surface area contributed by atoms with Crippen molar-refractivity contribution in [1.82, 2.24) is 10.4 Å². The van der Waals surface area contributed by atoms with Crippen LogP contribution < -0.4 is 11.1 Å². The van der Waals surface area contributed by atoms with E-state index in [9.17, 15) is 27.6 Å². The van der Waals surface area contributed by atoms with Crippen molar-refractivity contribution in [3.8, 4) is 0 Å². The molecule has 0 spiro atoms. The van der Waals surface area contributed by atoms with Crippen LogP contribution in [0.2, 0.25) is 0 Å². The largest absolute Gasteiger partial charge is 0.493 e. The van der Waals surface area contributed by atoms with E-state index in [1.165, 1.54) is 24.3 Å². The number of hydroxylamine groups is 2. The third kappa shape index (κ3) is 2.84. The molecule has 3 amide bonds. The van der Waals surface area contributed by atoms with Crippen LogP contribution in [0.1, 0.15) is 12.0 Å². The van der Waals surface area contributed by atoms with Crippen molar-refractivity contribution in [3.63, 3.8) is 0 Å². The molecule has 23 heavy (non-hydrogen) atoms. The molecule has 124 valence electrons. The Kier molecular flexibility index (Phi) is 4.28. The van der Waals surface area contributed by atoms with Gasteiger partial charge in [-0.1, -0.05) is 30.3 Å². The van der Waals surface area contributed by atoms with Gasteiger partial charge in [0.05, 0.1) is 0 Å². The van der Waals surface area contributed by atoms with E-state index < -0.39 is 29.6 Å². The first-order valence-electron chi connectivity index (χ1n) is 6.44. The Bertz CT molecular complexity index is 635. The summed E-state index contributed by atoms with van der Waals surface area (Å²) in [5.74, 6) is -3.53. The number of rotatable bonds is 4. The van der Waals surface area contributed by atoms with E-state index >= 15 is 0 Å². The monoisotopic (exact) mass is 331 g/mol. The number of benzene rings is 1. The van der Waals surface area contributed by atoms with E-state index in [1.54, 1.807) is 6.07 Å². The minimum atomic E-state index is -5.32. The minimum absolute atomic E-state index is 0.105. The van der Waals surface area contributed by atoms with Crippen molar-refractivity contribution in [3.05, 3.63) is 35.9 Å². The van der Waals surface area contributed by atoms with E-state index in [-0.39, 0.29) is 23.6 Å². The molecule has 7 nitrogen and oxygen atoms in total. The molecule has 1 heterocycles. The Morgan fingerprint density at radius 1 is 1.26 bits per heavy atom. The second kappa shape index (κ2) is 5.88. The molecular weight excluding hydrogens is 319 g/mol. The molecular formula is C13H12F3N3O4. The molecule has 2 rings (SSSR count). The Balaban J connectivity index is 2.50. The fourth-order valence-electron chi connectivity index (χ4n) is 2.30. The number of nitrogens with two attached hydrogens (primary N) is 1. The lowest BCUT2D eigenvalue weighted by atomic mass is 9.86. The minimum Gasteiger partial charge on any atom is -0.330 e. The highest BCUT2D eigenvalue weighted by atomic mass is 19.4. The summed E-state index contributed by atoms with van der Waals surface area (Å²) >= 11 is 0. The summed E-state index contributed by atoms with van der Waals surface area (Å²) in [6.07, 6.45) is -5.56. The number of imide groups is 1. The summed E-state index contributed by atoms with van der Waals surface area (Å²) in [4.78, 5) is 39.3. The molecule has 1 aliphatic heterocycles. The lowest BCUT2D eigenvalue weighted by Crippen LogP contribution is -2.50. The number of amides is 3. The quantitative estimate of drug-likeness (QED) is 0.795. The second-order valence-electron chi connectivity index (χ2n) is 4.70. The number of halogens is 3. The van der Waals surface area contributed by atoms with Crippen molar-refractivity contribution < 1.29 is 32.4 Å². The van der Waals surface area contributed by atoms with Gasteiger partial charge in [-0.25, -0.2) is 9.59 Å². The van der Waals surface area contributed by atoms with Crippen LogP contribution in [0.4, 0.5) is 18.0 Å². The number of alkyl halides is 3. The van der Waals surface area contributed by atoms with Crippen LogP contribution in [0.15, 0.2) is 30.3 Å². The molecule has 0 aromatic heterocycles. The summed E-state index contributed by atoms with van der Waals surface area (Å²) in [7, 11) is 0. The molecule has 1 saturated heterocycles. The lowest BCUT2D eigenvalue weighted by Gasteiger charge is -2.33. The molecule has 0 radical (unpaired) electrons. The van der Waals surface area contributed by atoms with Gasteiger partial charge in [0, 0.05) is 0 Å². The van der Waals surface area contributed by atoms with Crippen molar-refractivity contribution in [2.24, 2.45) is 5.73 Å². The summed E-state index contributed by atoms with van der Waals surface area (Å²) in [5, 5.41) is 1.95. The molecule has 10 heteroatoms. The number of carbonyl (C=O) groups is 3. The van der Waals surface area contributed by atoms with E-state index in [0.29, 0.717) is 0 Å². The molecule has 1 atom stereocenters. The summed E-state index contributed by atoms with van der Waals surface area (Å²) in [6.45, 7) is -0.143. The predicted octanol–water partition coefficient (Wildman–Crippen LogP) is 0.803. The number of carbonyl (C=O) groups excluding carboxylic acids is 3. The van der Waals surface area contributed by atoms with Gasteiger partial charge < -0.3 is 10.6 Å². The highest BCUT2D eigenvalue weighted by Crippen LogP contribution is 2.37. The Morgan fingerprint density at radius 3 is 2.39 bits per heavy atom. The highest BCUT2D eigenvalue weighted by molar-refractivity contribution is 6.07. The number of hydrogen-bond donors (Lipinski definition) is 2. The summed E-state index contributed by atoms with van der Waals surface area (Å²) < 4.78 is 37.3. The van der Waals surface area contributed by atoms with E-state index in [2.05, 4.69) is 4.84 Å². The molecule has 0 saturated carbocycles. The van der Waals surface area contributed by atoms with Crippen LogP contribution in [0.3, 0.4) is 0 Å². The predicted molar refractivity (Wildman–Crippen MR) is 69.3 cm³/mol. The van der Waals surface area contributed by atoms with Crippen LogP contribution in [0.25, 0.3) is 0 Å². The highest BCUT2D eigenvalue weighted by Gasteiger charge is 2.58. The molecule has 1 aromatic carbocycles. The van der Waals surface area contributed by atoms with Gasteiger partial charge >= 0.3 is 18.2 Å². The molecule has 3 N–H and O–H groups in total. The van der Waals surface area contributed by atoms with Crippen LogP contribution >= 0.6 is 0 Å². The summed E-state index contributed by atoms with van der Waals surface area (Å²) in [5.41, 5.74) is 3.66. The Labute approximate surface area is 128 Å². The smallest absolute Gasteiger partial charge is 0.330 e. The van der Waals surface area contributed by atoms with Crippen molar-refractivity contribution >= 4 is 17.9 Å². The molecule has 0 bridgehead atoms. The van der Waals surface area contributed by atoms with E-state index in [0.717, 1.165) is 0 Å². The molecule has 0 unspecified atom stereocenters. The fraction of sp³-hybridized carbons (Fsp3) is 0.308. The standard InChI is InChI=1S/C13H12F3N3O4/c14-13(15,16)10(21)23-19-11(22)18-9(20)12(19,6-7-17)8-4-2-1-3-5-8/h1-5H,6-7,17H2,(H,18,20,22)/t12-/m1/s1.